The van der Waals surface area contributed by atoms with Crippen molar-refractivity contribution in [1.82, 2.24) is 24.5 Å². The minimum absolute atomic E-state index is 0.160. The van der Waals surface area contributed by atoms with Crippen LogP contribution in [0.3, 0.4) is 0 Å². The van der Waals surface area contributed by atoms with Crippen molar-refractivity contribution in [2.45, 2.75) is 20.4 Å². The van der Waals surface area contributed by atoms with Crippen molar-refractivity contribution in [2.75, 3.05) is 13.7 Å². The molecule has 3 heterocycles. The number of aromatic nitrogens is 4. The first-order valence-electron chi connectivity index (χ1n) is 9.91. The number of aryl methyl sites for hydroxylation is 2. The van der Waals surface area contributed by atoms with Gasteiger partial charge in [0.05, 0.1) is 18.4 Å². The van der Waals surface area contributed by atoms with Crippen LogP contribution >= 0.6 is 0 Å². The van der Waals surface area contributed by atoms with Crippen LogP contribution in [-0.4, -0.2) is 38.7 Å². The summed E-state index contributed by atoms with van der Waals surface area (Å²) < 4.78 is 8.15. The Morgan fingerprint density at radius 2 is 1.97 bits per heavy atom. The fourth-order valence-corrected chi connectivity index (χ4v) is 3.37. The maximum Gasteiger partial charge on any atom is 0.276 e. The molecule has 0 aliphatic heterocycles. The molecule has 0 aliphatic rings. The van der Waals surface area contributed by atoms with Gasteiger partial charge < -0.3 is 14.6 Å². The molecular formula is C23H23N5O3. The number of amides is 1. The van der Waals surface area contributed by atoms with Gasteiger partial charge in [0, 0.05) is 43.3 Å². The molecular weight excluding hydrogens is 394 g/mol. The number of benzene rings is 1. The molecule has 158 valence electrons. The van der Waals surface area contributed by atoms with Crippen LogP contribution in [0.2, 0.25) is 0 Å². The summed E-state index contributed by atoms with van der Waals surface area (Å²) in [5, 5.41) is 7.37. The number of rotatable bonds is 6. The number of nitrogens with one attached hydrogen (secondary N) is 1. The molecule has 1 aromatic carbocycles. The third kappa shape index (κ3) is 4.18. The van der Waals surface area contributed by atoms with Gasteiger partial charge in [0.25, 0.3) is 11.5 Å². The highest BCUT2D eigenvalue weighted by Crippen LogP contribution is 2.23. The quantitative estimate of drug-likeness (QED) is 0.521. The number of methoxy groups -OCH3 is 1. The van der Waals surface area contributed by atoms with Gasteiger partial charge in [0.1, 0.15) is 5.52 Å². The lowest BCUT2D eigenvalue weighted by Gasteiger charge is -2.08. The molecule has 0 atom stereocenters. The molecule has 0 radical (unpaired) electrons. The van der Waals surface area contributed by atoms with Crippen molar-refractivity contribution in [3.63, 3.8) is 0 Å². The van der Waals surface area contributed by atoms with E-state index in [1.807, 2.05) is 26.0 Å². The Labute approximate surface area is 179 Å². The molecule has 1 amide bonds. The van der Waals surface area contributed by atoms with E-state index in [9.17, 15) is 9.59 Å². The zero-order valence-electron chi connectivity index (χ0n) is 17.6. The van der Waals surface area contributed by atoms with Crippen LogP contribution in [-0.2, 0) is 6.54 Å². The molecule has 31 heavy (non-hydrogen) atoms. The lowest BCUT2D eigenvalue weighted by molar-refractivity contribution is 0.0951. The van der Waals surface area contributed by atoms with E-state index < -0.39 is 0 Å². The highest BCUT2D eigenvalue weighted by Gasteiger charge is 2.12. The van der Waals surface area contributed by atoms with Crippen molar-refractivity contribution >= 4 is 11.4 Å². The molecule has 4 rings (SSSR count). The minimum atomic E-state index is -0.258. The molecule has 0 fully saturated rings. The van der Waals surface area contributed by atoms with E-state index in [1.165, 1.54) is 13.3 Å². The zero-order chi connectivity index (χ0) is 22.0. The fourth-order valence-electron chi connectivity index (χ4n) is 3.37. The molecule has 0 saturated carbocycles. The van der Waals surface area contributed by atoms with Gasteiger partial charge in [-0.25, -0.2) is 9.50 Å². The summed E-state index contributed by atoms with van der Waals surface area (Å²) in [6.45, 7) is 4.70. The van der Waals surface area contributed by atoms with Gasteiger partial charge in [-0.3, -0.25) is 9.59 Å². The Kier molecular flexibility index (Phi) is 5.53. The highest BCUT2D eigenvalue weighted by atomic mass is 16.5. The largest absolute Gasteiger partial charge is 0.481 e. The molecule has 0 saturated heterocycles. The smallest absolute Gasteiger partial charge is 0.276 e. The van der Waals surface area contributed by atoms with Crippen molar-refractivity contribution in [3.05, 3.63) is 82.0 Å². The number of carbonyl (C=O) groups is 1. The van der Waals surface area contributed by atoms with Crippen molar-refractivity contribution in [3.8, 4) is 17.1 Å². The Balaban J connectivity index is 1.49. The second kappa shape index (κ2) is 8.43. The first kappa shape index (κ1) is 20.3. The van der Waals surface area contributed by atoms with E-state index in [0.29, 0.717) is 30.0 Å². The van der Waals surface area contributed by atoms with Gasteiger partial charge in [-0.05, 0) is 37.6 Å². The Bertz CT molecular complexity index is 1310. The predicted molar refractivity (Wildman–Crippen MR) is 117 cm³/mol. The SMILES string of the molecule is COc1ccc(C(=O)NCCn2ccn3nc(-c4cc(C)ccc4C)cc3c2=O)cn1. The second-order valence-electron chi connectivity index (χ2n) is 7.32. The number of carbonyl (C=O) groups excluding carboxylic acids is 1. The topological polar surface area (TPSA) is 90.5 Å². The molecule has 8 nitrogen and oxygen atoms in total. The number of fused-ring (bicyclic) bond motifs is 1. The van der Waals surface area contributed by atoms with Gasteiger partial charge in [-0.1, -0.05) is 17.7 Å². The second-order valence-corrected chi connectivity index (χ2v) is 7.32. The molecule has 4 aromatic rings. The monoisotopic (exact) mass is 417 g/mol. The fraction of sp³-hybridized carbons (Fsp3) is 0.217. The maximum atomic E-state index is 12.9. The molecule has 0 bridgehead atoms. The summed E-state index contributed by atoms with van der Waals surface area (Å²) in [5.41, 5.74) is 4.77. The Morgan fingerprint density at radius 3 is 2.71 bits per heavy atom. The Hall–Kier alpha value is -3.94. The van der Waals surface area contributed by atoms with Crippen molar-refractivity contribution in [1.29, 1.82) is 0 Å². The van der Waals surface area contributed by atoms with E-state index in [1.54, 1.807) is 33.6 Å². The average Bonchev–Trinajstić information content (AvgIpc) is 3.22. The summed E-state index contributed by atoms with van der Waals surface area (Å²) in [5.74, 6) is 0.184. The lowest BCUT2D eigenvalue weighted by atomic mass is 10.0. The van der Waals surface area contributed by atoms with Gasteiger partial charge in [-0.2, -0.15) is 5.10 Å². The lowest BCUT2D eigenvalue weighted by Crippen LogP contribution is -2.31. The predicted octanol–water partition coefficient (Wildman–Crippen LogP) is 2.61. The van der Waals surface area contributed by atoms with Gasteiger partial charge in [0.2, 0.25) is 5.88 Å². The zero-order valence-corrected chi connectivity index (χ0v) is 17.6. The van der Waals surface area contributed by atoms with Crippen LogP contribution in [0.5, 0.6) is 5.88 Å². The van der Waals surface area contributed by atoms with Crippen LogP contribution < -0.4 is 15.6 Å². The van der Waals surface area contributed by atoms with E-state index in [4.69, 9.17) is 4.74 Å². The Morgan fingerprint density at radius 1 is 1.13 bits per heavy atom. The average molecular weight is 417 g/mol. The van der Waals surface area contributed by atoms with Gasteiger partial charge in [0.15, 0.2) is 0 Å². The molecule has 0 aliphatic carbocycles. The number of pyridine rings is 1. The number of nitrogens with zero attached hydrogens (tertiary/aromatic N) is 4. The van der Waals surface area contributed by atoms with Crippen LogP contribution in [0.1, 0.15) is 21.5 Å². The third-order valence-electron chi connectivity index (χ3n) is 5.12. The van der Waals surface area contributed by atoms with Crippen LogP contribution in [0.15, 0.2) is 59.8 Å². The third-order valence-corrected chi connectivity index (χ3v) is 5.12. The normalized spacial score (nSPS) is 10.9. The summed E-state index contributed by atoms with van der Waals surface area (Å²) in [4.78, 5) is 29.2. The molecule has 1 N–H and O–H groups in total. The molecule has 3 aromatic heterocycles. The van der Waals surface area contributed by atoms with E-state index in [2.05, 4.69) is 27.5 Å². The first-order valence-corrected chi connectivity index (χ1v) is 9.91. The summed E-state index contributed by atoms with van der Waals surface area (Å²) in [6.07, 6.45) is 4.88. The van der Waals surface area contributed by atoms with Gasteiger partial charge in [-0.15, -0.1) is 0 Å². The summed E-state index contributed by atoms with van der Waals surface area (Å²) >= 11 is 0. The number of hydrogen-bond donors (Lipinski definition) is 1. The van der Waals surface area contributed by atoms with Crippen LogP contribution in [0.4, 0.5) is 0 Å². The number of ether oxygens (including phenoxy) is 1. The first-order chi connectivity index (χ1) is 15.0. The molecule has 8 heteroatoms. The standard InChI is InChI=1S/C23H23N5O3/c1-15-4-5-16(2)18(12-15)19-13-20-23(30)27(10-11-28(20)26-19)9-8-24-22(29)17-6-7-21(31-3)25-14-17/h4-7,10-14H,8-9H2,1-3H3,(H,24,29). The highest BCUT2D eigenvalue weighted by molar-refractivity contribution is 5.93. The number of hydrogen-bond acceptors (Lipinski definition) is 5. The van der Waals surface area contributed by atoms with Crippen LogP contribution in [0, 0.1) is 13.8 Å². The summed E-state index contributed by atoms with van der Waals surface area (Å²) in [6, 6.07) is 11.2. The molecule has 0 spiro atoms. The maximum absolute atomic E-state index is 12.9. The van der Waals surface area contributed by atoms with E-state index in [-0.39, 0.29) is 11.5 Å². The van der Waals surface area contributed by atoms with Crippen molar-refractivity contribution in [2.24, 2.45) is 0 Å². The summed E-state index contributed by atoms with van der Waals surface area (Å²) in [7, 11) is 1.52. The molecule has 0 unspecified atom stereocenters. The van der Waals surface area contributed by atoms with E-state index in [0.717, 1.165) is 22.4 Å². The van der Waals surface area contributed by atoms with Crippen LogP contribution in [0.25, 0.3) is 16.8 Å². The minimum Gasteiger partial charge on any atom is -0.481 e. The van der Waals surface area contributed by atoms with E-state index >= 15 is 0 Å². The van der Waals surface area contributed by atoms with Gasteiger partial charge >= 0.3 is 0 Å². The van der Waals surface area contributed by atoms with Crippen molar-refractivity contribution < 1.29 is 9.53 Å².